The largest absolute Gasteiger partial charge is 0.380 e. The van der Waals surface area contributed by atoms with Gasteiger partial charge in [0.2, 0.25) is 0 Å². The molecule has 1 fully saturated rings. The number of hydrogen-bond acceptors (Lipinski definition) is 4. The van der Waals surface area contributed by atoms with Gasteiger partial charge in [-0.15, -0.1) is 11.8 Å². The molecule has 0 bridgehead atoms. The summed E-state index contributed by atoms with van der Waals surface area (Å²) in [4.78, 5) is 1.35. The third-order valence-electron chi connectivity index (χ3n) is 4.55. The minimum atomic E-state index is 0.633. The highest BCUT2D eigenvalue weighted by Crippen LogP contribution is 2.37. The van der Waals surface area contributed by atoms with Crippen molar-refractivity contribution in [1.82, 2.24) is 4.31 Å². The molecule has 2 aromatic rings. The van der Waals surface area contributed by atoms with E-state index in [9.17, 15) is 0 Å². The van der Waals surface area contributed by atoms with Crippen molar-refractivity contribution in [3.8, 4) is 0 Å². The van der Waals surface area contributed by atoms with Crippen LogP contribution in [0.15, 0.2) is 59.5 Å². The van der Waals surface area contributed by atoms with Gasteiger partial charge in [0.25, 0.3) is 0 Å². The summed E-state index contributed by atoms with van der Waals surface area (Å²) in [5, 5.41) is 0. The third kappa shape index (κ3) is 4.57. The molecule has 0 aromatic heterocycles. The predicted molar refractivity (Wildman–Crippen MR) is 106 cm³/mol. The van der Waals surface area contributed by atoms with Gasteiger partial charge in [-0.3, -0.25) is 0 Å². The van der Waals surface area contributed by atoms with Gasteiger partial charge in [-0.05, 0) is 41.9 Å². The van der Waals surface area contributed by atoms with Crippen molar-refractivity contribution in [3.63, 3.8) is 0 Å². The maximum atomic E-state index is 5.18. The van der Waals surface area contributed by atoms with Crippen molar-refractivity contribution < 1.29 is 4.74 Å². The molecule has 0 saturated carbocycles. The number of hydrogen-bond donors (Lipinski definition) is 0. The summed E-state index contributed by atoms with van der Waals surface area (Å²) in [7, 11) is 1.74. The number of benzene rings is 2. The fraction of sp³-hybridized carbons (Fsp3) is 0.400. The smallest absolute Gasteiger partial charge is 0.0713 e. The molecule has 0 spiro atoms. The lowest BCUT2D eigenvalue weighted by Crippen LogP contribution is -2.24. The van der Waals surface area contributed by atoms with Gasteiger partial charge in [0, 0.05) is 30.3 Å². The number of nitrogens with zero attached hydrogens (tertiary/aromatic N) is 1. The van der Waals surface area contributed by atoms with Gasteiger partial charge in [-0.1, -0.05) is 54.4 Å². The molecule has 2 unspecified atom stereocenters. The lowest BCUT2D eigenvalue weighted by Gasteiger charge is -2.20. The standard InChI is InChI=1S/C20H25NOS2/c1-22-14-16-8-10-20(11-9-16)24-15-19-12-18(13-21(19)23-2)17-6-4-3-5-7-17/h3-11,18-19H,12-15H2,1-2H3. The summed E-state index contributed by atoms with van der Waals surface area (Å²) >= 11 is 3.85. The Morgan fingerprint density at radius 1 is 1.08 bits per heavy atom. The number of methoxy groups -OCH3 is 1. The van der Waals surface area contributed by atoms with Crippen LogP contribution in [0.5, 0.6) is 0 Å². The molecule has 0 N–H and O–H groups in total. The minimum absolute atomic E-state index is 0.633. The molecule has 3 rings (SSSR count). The predicted octanol–water partition coefficient (Wildman–Crippen LogP) is 5.06. The molecule has 1 heterocycles. The zero-order chi connectivity index (χ0) is 16.8. The average molecular weight is 360 g/mol. The Kier molecular flexibility index (Phi) is 6.67. The first kappa shape index (κ1) is 17.9. The Hall–Kier alpha value is -0.940. The van der Waals surface area contributed by atoms with Crippen LogP contribution in [0.1, 0.15) is 23.5 Å². The zero-order valence-electron chi connectivity index (χ0n) is 14.4. The van der Waals surface area contributed by atoms with E-state index in [1.54, 1.807) is 7.11 Å². The number of ether oxygens (including phenoxy) is 1. The van der Waals surface area contributed by atoms with Crippen molar-refractivity contribution >= 4 is 23.7 Å². The van der Waals surface area contributed by atoms with Crippen LogP contribution in [0, 0.1) is 0 Å². The van der Waals surface area contributed by atoms with E-state index in [4.69, 9.17) is 4.74 Å². The van der Waals surface area contributed by atoms with Crippen molar-refractivity contribution in [1.29, 1.82) is 0 Å². The van der Waals surface area contributed by atoms with Crippen molar-refractivity contribution in [2.75, 3.05) is 25.7 Å². The molecule has 128 valence electrons. The Balaban J connectivity index is 1.57. The first-order chi connectivity index (χ1) is 11.8. The quantitative estimate of drug-likeness (QED) is 0.506. The Labute approximate surface area is 154 Å². The SMILES string of the molecule is COCc1ccc(SCC2CC(c3ccccc3)CN2SC)cc1. The van der Waals surface area contributed by atoms with Gasteiger partial charge < -0.3 is 4.74 Å². The first-order valence-corrected chi connectivity index (χ1v) is 10.5. The normalized spacial score (nSPS) is 21.2. The fourth-order valence-corrected chi connectivity index (χ4v) is 5.18. The lowest BCUT2D eigenvalue weighted by molar-refractivity contribution is 0.185. The van der Waals surface area contributed by atoms with Crippen LogP contribution < -0.4 is 0 Å². The number of rotatable bonds is 7. The number of thioether (sulfide) groups is 1. The third-order valence-corrected chi connectivity index (χ3v) is 6.62. The molecule has 0 aliphatic carbocycles. The Bertz CT molecular complexity index is 617. The van der Waals surface area contributed by atoms with Gasteiger partial charge >= 0.3 is 0 Å². The lowest BCUT2D eigenvalue weighted by atomic mass is 9.97. The van der Waals surface area contributed by atoms with Crippen LogP contribution in [0.3, 0.4) is 0 Å². The van der Waals surface area contributed by atoms with E-state index in [0.29, 0.717) is 18.6 Å². The average Bonchev–Trinajstić information content (AvgIpc) is 3.05. The maximum Gasteiger partial charge on any atom is 0.0713 e. The second-order valence-electron chi connectivity index (χ2n) is 6.17. The molecule has 0 radical (unpaired) electrons. The molecule has 24 heavy (non-hydrogen) atoms. The van der Waals surface area contributed by atoms with Crippen molar-refractivity contribution in [2.24, 2.45) is 0 Å². The molecule has 2 atom stereocenters. The van der Waals surface area contributed by atoms with E-state index in [2.05, 4.69) is 65.2 Å². The van der Waals surface area contributed by atoms with Crippen LogP contribution >= 0.6 is 23.7 Å². The van der Waals surface area contributed by atoms with Crippen LogP contribution in [0.25, 0.3) is 0 Å². The minimum Gasteiger partial charge on any atom is -0.380 e. The monoisotopic (exact) mass is 359 g/mol. The van der Waals surface area contributed by atoms with Gasteiger partial charge in [0.15, 0.2) is 0 Å². The van der Waals surface area contributed by atoms with Gasteiger partial charge in [0.05, 0.1) is 6.61 Å². The second kappa shape index (κ2) is 8.95. The van der Waals surface area contributed by atoms with E-state index in [-0.39, 0.29) is 0 Å². The van der Waals surface area contributed by atoms with Gasteiger partial charge in [0.1, 0.15) is 0 Å². The molecule has 4 heteroatoms. The summed E-state index contributed by atoms with van der Waals surface area (Å²) in [6.07, 6.45) is 3.45. The summed E-state index contributed by atoms with van der Waals surface area (Å²) in [5.41, 5.74) is 2.71. The van der Waals surface area contributed by atoms with Crippen LogP contribution in [-0.4, -0.2) is 36.0 Å². The summed E-state index contributed by atoms with van der Waals surface area (Å²) in [5.74, 6) is 1.81. The highest BCUT2D eigenvalue weighted by molar-refractivity contribution is 7.99. The van der Waals surface area contributed by atoms with Crippen molar-refractivity contribution in [2.45, 2.75) is 29.9 Å². The van der Waals surface area contributed by atoms with Crippen molar-refractivity contribution in [3.05, 3.63) is 65.7 Å². The molecule has 0 amide bonds. The first-order valence-electron chi connectivity index (χ1n) is 8.36. The summed E-state index contributed by atoms with van der Waals surface area (Å²) in [6.45, 7) is 1.84. The summed E-state index contributed by atoms with van der Waals surface area (Å²) < 4.78 is 7.73. The highest BCUT2D eigenvalue weighted by Gasteiger charge is 2.32. The molecule has 2 nitrogen and oxygen atoms in total. The van der Waals surface area contributed by atoms with E-state index in [0.717, 1.165) is 12.3 Å². The van der Waals surface area contributed by atoms with Gasteiger partial charge in [-0.2, -0.15) is 0 Å². The molecular weight excluding hydrogens is 334 g/mol. The molecule has 1 aliphatic heterocycles. The van der Waals surface area contributed by atoms with Crippen LogP contribution in [-0.2, 0) is 11.3 Å². The highest BCUT2D eigenvalue weighted by atomic mass is 32.2. The Morgan fingerprint density at radius 2 is 1.83 bits per heavy atom. The molecule has 1 aliphatic rings. The van der Waals surface area contributed by atoms with E-state index >= 15 is 0 Å². The van der Waals surface area contributed by atoms with E-state index in [1.807, 2.05) is 23.7 Å². The zero-order valence-corrected chi connectivity index (χ0v) is 16.0. The van der Waals surface area contributed by atoms with Crippen LogP contribution in [0.2, 0.25) is 0 Å². The van der Waals surface area contributed by atoms with Crippen LogP contribution in [0.4, 0.5) is 0 Å². The molecular formula is C20H25NOS2. The van der Waals surface area contributed by atoms with E-state index < -0.39 is 0 Å². The van der Waals surface area contributed by atoms with Gasteiger partial charge in [-0.25, -0.2) is 4.31 Å². The van der Waals surface area contributed by atoms with E-state index in [1.165, 1.54) is 22.4 Å². The maximum absolute atomic E-state index is 5.18. The molecule has 1 saturated heterocycles. The summed E-state index contributed by atoms with van der Waals surface area (Å²) in [6, 6.07) is 20.3. The molecule has 2 aromatic carbocycles. The topological polar surface area (TPSA) is 12.5 Å². The Morgan fingerprint density at radius 3 is 2.50 bits per heavy atom. The second-order valence-corrected chi connectivity index (χ2v) is 8.09. The fourth-order valence-electron chi connectivity index (χ4n) is 3.27.